The monoisotopic (exact) mass is 377 g/mol. The second-order valence-electron chi connectivity index (χ2n) is 8.13. The highest BCUT2D eigenvalue weighted by Crippen LogP contribution is 2.36. The van der Waals surface area contributed by atoms with E-state index in [-0.39, 0.29) is 11.8 Å². The first-order valence-electron chi connectivity index (χ1n) is 9.29. The predicted octanol–water partition coefficient (Wildman–Crippen LogP) is 3.66. The summed E-state index contributed by atoms with van der Waals surface area (Å²) in [6.07, 6.45) is 7.31. The maximum absolute atomic E-state index is 12.4. The number of aliphatic imine (C=N–C) groups is 1. The van der Waals surface area contributed by atoms with Crippen LogP contribution in [0.3, 0.4) is 0 Å². The van der Waals surface area contributed by atoms with Gasteiger partial charge in [0.25, 0.3) is 5.91 Å². The van der Waals surface area contributed by atoms with Gasteiger partial charge in [-0.1, -0.05) is 6.07 Å². The predicted molar refractivity (Wildman–Crippen MR) is 108 cm³/mol. The lowest BCUT2D eigenvalue weighted by Crippen LogP contribution is -2.34. The summed E-state index contributed by atoms with van der Waals surface area (Å²) in [4.78, 5) is 30.2. The van der Waals surface area contributed by atoms with E-state index in [9.17, 15) is 9.59 Å². The third-order valence-electron chi connectivity index (χ3n) is 4.95. The number of rotatable bonds is 2. The number of carbonyl (C=O) groups excluding carboxylic acids is 2. The summed E-state index contributed by atoms with van der Waals surface area (Å²) in [5.41, 5.74) is 4.97. The van der Waals surface area contributed by atoms with E-state index >= 15 is 0 Å². The third-order valence-corrected chi connectivity index (χ3v) is 4.95. The topological polar surface area (TPSA) is 71.0 Å². The first-order chi connectivity index (χ1) is 13.2. The minimum Gasteiger partial charge on any atom is -0.443 e. The second kappa shape index (κ2) is 6.48. The highest BCUT2D eigenvalue weighted by molar-refractivity contribution is 6.10. The van der Waals surface area contributed by atoms with Crippen LogP contribution in [0.2, 0.25) is 0 Å². The number of allylic oxidation sites excluding steroid dienone is 4. The summed E-state index contributed by atoms with van der Waals surface area (Å²) in [6, 6.07) is 5.86. The van der Waals surface area contributed by atoms with Gasteiger partial charge in [-0.25, -0.2) is 4.79 Å². The van der Waals surface area contributed by atoms with Crippen LogP contribution in [0.4, 0.5) is 4.79 Å². The van der Waals surface area contributed by atoms with Crippen molar-refractivity contribution in [3.63, 3.8) is 0 Å². The highest BCUT2D eigenvalue weighted by atomic mass is 16.6. The Morgan fingerprint density at radius 2 is 2.07 bits per heavy atom. The molecule has 2 heterocycles. The molecule has 1 aromatic carbocycles. The molecule has 1 N–H and O–H groups in total. The summed E-state index contributed by atoms with van der Waals surface area (Å²) >= 11 is 0. The Kier molecular flexibility index (Phi) is 4.22. The van der Waals surface area contributed by atoms with Crippen molar-refractivity contribution >= 4 is 23.3 Å². The Labute approximate surface area is 164 Å². The van der Waals surface area contributed by atoms with Gasteiger partial charge in [-0.05, 0) is 67.8 Å². The molecular weight excluding hydrogens is 354 g/mol. The quantitative estimate of drug-likeness (QED) is 0.855. The van der Waals surface area contributed by atoms with Gasteiger partial charge in [0, 0.05) is 37.0 Å². The number of nitrogens with one attached hydrogen (secondary N) is 1. The summed E-state index contributed by atoms with van der Waals surface area (Å²) in [5, 5.41) is 2.84. The lowest BCUT2D eigenvalue weighted by Gasteiger charge is -2.27. The Morgan fingerprint density at radius 1 is 1.29 bits per heavy atom. The molecular formula is C22H23N3O3. The second-order valence-corrected chi connectivity index (χ2v) is 8.13. The van der Waals surface area contributed by atoms with Crippen molar-refractivity contribution in [1.29, 1.82) is 0 Å². The molecule has 4 rings (SSSR count). The Hall–Kier alpha value is -3.15. The number of carbonyl (C=O) groups is 2. The zero-order valence-electron chi connectivity index (χ0n) is 16.4. The third kappa shape index (κ3) is 3.26. The normalized spacial score (nSPS) is 19.9. The van der Waals surface area contributed by atoms with Gasteiger partial charge >= 0.3 is 6.09 Å². The van der Waals surface area contributed by atoms with Gasteiger partial charge in [0.1, 0.15) is 5.60 Å². The number of fused-ring (bicyclic) bond motifs is 2. The molecule has 0 saturated carbocycles. The molecule has 28 heavy (non-hydrogen) atoms. The zero-order chi connectivity index (χ0) is 20.1. The molecule has 3 aliphatic rings. The maximum Gasteiger partial charge on any atom is 0.414 e. The van der Waals surface area contributed by atoms with Crippen LogP contribution in [0.5, 0.6) is 0 Å². The Morgan fingerprint density at radius 3 is 2.82 bits per heavy atom. The van der Waals surface area contributed by atoms with E-state index in [4.69, 9.17) is 4.74 Å². The summed E-state index contributed by atoms with van der Waals surface area (Å²) in [7, 11) is 1.71. The van der Waals surface area contributed by atoms with Crippen molar-refractivity contribution < 1.29 is 14.3 Å². The molecule has 2 aliphatic heterocycles. The van der Waals surface area contributed by atoms with Crippen molar-refractivity contribution in [1.82, 2.24) is 10.2 Å². The molecule has 0 bridgehead atoms. The van der Waals surface area contributed by atoms with Gasteiger partial charge in [-0.2, -0.15) is 0 Å². The van der Waals surface area contributed by atoms with E-state index in [0.717, 1.165) is 33.7 Å². The number of hydrogen-bond donors (Lipinski definition) is 1. The lowest BCUT2D eigenvalue weighted by atomic mass is 9.86. The minimum atomic E-state index is -0.550. The SMILES string of the molecule is CN(C(=O)OC(C)(C)C)C1=CC2C(c3ccc4c(c3)CNC4=O)=CN=C2C=C1. The first kappa shape index (κ1) is 18.2. The molecule has 0 spiro atoms. The van der Waals surface area contributed by atoms with E-state index in [2.05, 4.69) is 10.3 Å². The van der Waals surface area contributed by atoms with E-state index in [0.29, 0.717) is 6.54 Å². The molecule has 1 aliphatic carbocycles. The van der Waals surface area contributed by atoms with Crippen molar-refractivity contribution in [3.8, 4) is 0 Å². The van der Waals surface area contributed by atoms with Crippen molar-refractivity contribution in [2.45, 2.75) is 32.9 Å². The molecule has 1 unspecified atom stereocenters. The zero-order valence-corrected chi connectivity index (χ0v) is 16.4. The fraction of sp³-hybridized carbons (Fsp3) is 0.318. The van der Waals surface area contributed by atoms with Crippen LogP contribution in [0.1, 0.15) is 42.3 Å². The van der Waals surface area contributed by atoms with Crippen LogP contribution in [-0.4, -0.2) is 35.3 Å². The van der Waals surface area contributed by atoms with Crippen LogP contribution in [0.15, 0.2) is 53.3 Å². The summed E-state index contributed by atoms with van der Waals surface area (Å²) in [6.45, 7) is 6.09. The summed E-state index contributed by atoms with van der Waals surface area (Å²) in [5.74, 6) is -0.0614. The maximum atomic E-state index is 12.4. The molecule has 6 nitrogen and oxygen atoms in total. The van der Waals surface area contributed by atoms with Gasteiger partial charge in [0.2, 0.25) is 0 Å². The lowest BCUT2D eigenvalue weighted by molar-refractivity contribution is 0.0358. The van der Waals surface area contributed by atoms with E-state index in [1.54, 1.807) is 7.05 Å². The van der Waals surface area contributed by atoms with Crippen LogP contribution in [-0.2, 0) is 11.3 Å². The van der Waals surface area contributed by atoms with Gasteiger partial charge in [0.05, 0.1) is 5.71 Å². The largest absolute Gasteiger partial charge is 0.443 e. The fourth-order valence-corrected chi connectivity index (χ4v) is 3.51. The highest BCUT2D eigenvalue weighted by Gasteiger charge is 2.29. The van der Waals surface area contributed by atoms with Gasteiger partial charge in [-0.15, -0.1) is 0 Å². The average molecular weight is 377 g/mol. The van der Waals surface area contributed by atoms with E-state index in [1.165, 1.54) is 4.90 Å². The van der Waals surface area contributed by atoms with Crippen molar-refractivity contribution in [2.75, 3.05) is 7.05 Å². The summed E-state index contributed by atoms with van der Waals surface area (Å²) < 4.78 is 5.46. The molecule has 1 atom stereocenters. The van der Waals surface area contributed by atoms with Crippen molar-refractivity contribution in [2.24, 2.45) is 10.9 Å². The smallest absolute Gasteiger partial charge is 0.414 e. The van der Waals surface area contributed by atoms with Gasteiger partial charge < -0.3 is 10.1 Å². The van der Waals surface area contributed by atoms with E-state index in [1.807, 2.05) is 63.4 Å². The molecule has 0 fully saturated rings. The Balaban J connectivity index is 1.59. The molecule has 144 valence electrons. The molecule has 0 radical (unpaired) electrons. The number of ether oxygens (including phenoxy) is 1. The number of nitrogens with zero attached hydrogens (tertiary/aromatic N) is 2. The van der Waals surface area contributed by atoms with E-state index < -0.39 is 11.7 Å². The molecule has 6 heteroatoms. The van der Waals surface area contributed by atoms with Crippen LogP contribution < -0.4 is 5.32 Å². The number of likely N-dealkylation sites (N-methyl/N-ethyl adjacent to an activating group) is 1. The molecule has 0 saturated heterocycles. The molecule has 2 amide bonds. The molecule has 0 aromatic heterocycles. The number of benzene rings is 1. The van der Waals surface area contributed by atoms with Crippen molar-refractivity contribution in [3.05, 3.63) is 65.0 Å². The Bertz CT molecular complexity index is 993. The number of amides is 2. The minimum absolute atomic E-state index is 0.0272. The standard InChI is InChI=1S/C22H23N3O3/c1-22(2,3)28-21(27)25(4)15-6-8-19-17(10-15)18(12-23-19)13-5-7-16-14(9-13)11-24-20(16)26/h5-10,12,17H,11H2,1-4H3,(H,24,26). The number of hydrogen-bond acceptors (Lipinski definition) is 4. The van der Waals surface area contributed by atoms with Crippen LogP contribution in [0, 0.1) is 5.92 Å². The van der Waals surface area contributed by atoms with Gasteiger partial charge in [0.15, 0.2) is 0 Å². The van der Waals surface area contributed by atoms with Crippen LogP contribution >= 0.6 is 0 Å². The fourth-order valence-electron chi connectivity index (χ4n) is 3.51. The first-order valence-corrected chi connectivity index (χ1v) is 9.29. The molecule has 1 aromatic rings. The average Bonchev–Trinajstić information content (AvgIpc) is 3.22. The van der Waals surface area contributed by atoms with Crippen LogP contribution in [0.25, 0.3) is 5.57 Å². The van der Waals surface area contributed by atoms with Gasteiger partial charge in [-0.3, -0.25) is 14.7 Å².